The van der Waals surface area contributed by atoms with Gasteiger partial charge in [0.2, 0.25) is 5.91 Å². The van der Waals surface area contributed by atoms with Gasteiger partial charge in [0.25, 0.3) is 0 Å². The molecule has 1 rings (SSSR count). The lowest BCUT2D eigenvalue weighted by molar-refractivity contribution is -0.122. The molecule has 0 aliphatic carbocycles. The second kappa shape index (κ2) is 6.59. The molecule has 3 heteroatoms. The summed E-state index contributed by atoms with van der Waals surface area (Å²) < 4.78 is 0. The average molecular weight is 230 g/mol. The predicted octanol–water partition coefficient (Wildman–Crippen LogP) is 1.90. The minimum Gasteiger partial charge on any atom is -0.399 e. The van der Waals surface area contributed by atoms with E-state index >= 15 is 0 Å². The van der Waals surface area contributed by atoms with E-state index in [9.17, 15) is 4.79 Å². The highest BCUT2D eigenvalue weighted by Crippen LogP contribution is 2.17. The molecule has 0 spiro atoms. The minimum atomic E-state index is -0.190. The van der Waals surface area contributed by atoms with Crippen LogP contribution in [0.4, 0.5) is 5.69 Å². The van der Waals surface area contributed by atoms with Gasteiger partial charge in [0, 0.05) is 18.7 Å². The fourth-order valence-electron chi connectivity index (χ4n) is 1.53. The van der Waals surface area contributed by atoms with Crippen LogP contribution >= 0.6 is 0 Å². The van der Waals surface area contributed by atoms with Crippen LogP contribution < -0.4 is 11.1 Å². The van der Waals surface area contributed by atoms with E-state index in [1.807, 2.05) is 25.1 Å². The highest BCUT2D eigenvalue weighted by atomic mass is 16.1. The number of terminal acetylenes is 1. The Morgan fingerprint density at radius 3 is 3.00 bits per heavy atom. The molecule has 3 nitrogen and oxygen atoms in total. The zero-order valence-corrected chi connectivity index (χ0v) is 10.1. The van der Waals surface area contributed by atoms with Gasteiger partial charge in [-0.15, -0.1) is 12.3 Å². The van der Waals surface area contributed by atoms with Gasteiger partial charge in [0.05, 0.1) is 5.92 Å². The number of nitrogens with one attached hydrogen (secondary N) is 1. The van der Waals surface area contributed by atoms with Gasteiger partial charge in [0.1, 0.15) is 0 Å². The summed E-state index contributed by atoms with van der Waals surface area (Å²) in [6, 6.07) is 7.39. The number of nitrogen functional groups attached to an aromatic ring is 1. The molecule has 0 fully saturated rings. The number of amides is 1. The van der Waals surface area contributed by atoms with Crippen molar-refractivity contribution in [3.05, 3.63) is 29.8 Å². The Morgan fingerprint density at radius 1 is 1.59 bits per heavy atom. The van der Waals surface area contributed by atoms with Crippen molar-refractivity contribution in [3.8, 4) is 12.3 Å². The van der Waals surface area contributed by atoms with Gasteiger partial charge >= 0.3 is 0 Å². The van der Waals surface area contributed by atoms with Crippen LogP contribution in [0.2, 0.25) is 0 Å². The summed E-state index contributed by atoms with van der Waals surface area (Å²) in [5.41, 5.74) is 7.29. The Labute approximate surface area is 102 Å². The van der Waals surface area contributed by atoms with Crippen LogP contribution in [0, 0.1) is 12.3 Å². The van der Waals surface area contributed by atoms with E-state index in [2.05, 4.69) is 11.2 Å². The molecule has 1 amide bonds. The van der Waals surface area contributed by atoms with Crippen LogP contribution in [0.1, 0.15) is 31.2 Å². The smallest absolute Gasteiger partial charge is 0.227 e. The zero-order chi connectivity index (χ0) is 12.7. The predicted molar refractivity (Wildman–Crippen MR) is 70.3 cm³/mol. The van der Waals surface area contributed by atoms with Gasteiger partial charge in [-0.3, -0.25) is 4.79 Å². The SMILES string of the molecule is C#CCCCNC(=O)C(C)c1cccc(N)c1. The van der Waals surface area contributed by atoms with Gasteiger partial charge in [-0.1, -0.05) is 12.1 Å². The van der Waals surface area contributed by atoms with Crippen molar-refractivity contribution in [1.82, 2.24) is 5.32 Å². The van der Waals surface area contributed by atoms with Gasteiger partial charge < -0.3 is 11.1 Å². The molecule has 0 aliphatic rings. The van der Waals surface area contributed by atoms with Crippen LogP contribution in [0.5, 0.6) is 0 Å². The molecule has 1 aromatic carbocycles. The number of unbranched alkanes of at least 4 members (excludes halogenated alkanes) is 1. The van der Waals surface area contributed by atoms with E-state index < -0.39 is 0 Å². The van der Waals surface area contributed by atoms with Crippen molar-refractivity contribution in [2.75, 3.05) is 12.3 Å². The van der Waals surface area contributed by atoms with Crippen LogP contribution in [0.15, 0.2) is 24.3 Å². The molecule has 0 aromatic heterocycles. The Morgan fingerprint density at radius 2 is 2.35 bits per heavy atom. The van der Waals surface area contributed by atoms with Crippen LogP contribution in [-0.4, -0.2) is 12.5 Å². The third-order valence-electron chi connectivity index (χ3n) is 2.60. The van der Waals surface area contributed by atoms with Crippen LogP contribution in [-0.2, 0) is 4.79 Å². The van der Waals surface area contributed by atoms with Gasteiger partial charge in [0.15, 0.2) is 0 Å². The number of hydrogen-bond acceptors (Lipinski definition) is 2. The van der Waals surface area contributed by atoms with Gasteiger partial charge in [-0.25, -0.2) is 0 Å². The maximum atomic E-state index is 11.8. The maximum Gasteiger partial charge on any atom is 0.227 e. The number of carbonyl (C=O) groups is 1. The maximum absolute atomic E-state index is 11.8. The Hall–Kier alpha value is -1.95. The lowest BCUT2D eigenvalue weighted by Gasteiger charge is -2.12. The van der Waals surface area contributed by atoms with Crippen LogP contribution in [0.3, 0.4) is 0 Å². The molecule has 0 saturated heterocycles. The van der Waals surface area contributed by atoms with Gasteiger partial charge in [-0.2, -0.15) is 0 Å². The third kappa shape index (κ3) is 4.20. The molecule has 0 aliphatic heterocycles. The lowest BCUT2D eigenvalue weighted by Crippen LogP contribution is -2.28. The molecular weight excluding hydrogens is 212 g/mol. The first-order chi connectivity index (χ1) is 8.15. The molecule has 17 heavy (non-hydrogen) atoms. The normalized spacial score (nSPS) is 11.5. The monoisotopic (exact) mass is 230 g/mol. The molecular formula is C14H18N2O. The Balaban J connectivity index is 2.49. The average Bonchev–Trinajstić information content (AvgIpc) is 2.33. The molecule has 0 bridgehead atoms. The number of benzene rings is 1. The topological polar surface area (TPSA) is 55.1 Å². The quantitative estimate of drug-likeness (QED) is 0.461. The Kier molecular flexibility index (Phi) is 5.09. The zero-order valence-electron chi connectivity index (χ0n) is 10.1. The largest absolute Gasteiger partial charge is 0.399 e. The minimum absolute atomic E-state index is 0.00706. The van der Waals surface area contributed by atoms with Crippen molar-refractivity contribution >= 4 is 11.6 Å². The van der Waals surface area contributed by atoms with Crippen LogP contribution in [0.25, 0.3) is 0 Å². The van der Waals surface area contributed by atoms with E-state index in [-0.39, 0.29) is 11.8 Å². The first kappa shape index (κ1) is 13.1. The van der Waals surface area contributed by atoms with Crippen molar-refractivity contribution in [2.24, 2.45) is 0 Å². The summed E-state index contributed by atoms with van der Waals surface area (Å²) in [7, 11) is 0. The fourth-order valence-corrected chi connectivity index (χ4v) is 1.53. The molecule has 90 valence electrons. The van der Waals surface area contributed by atoms with Crippen molar-refractivity contribution in [1.29, 1.82) is 0 Å². The summed E-state index contributed by atoms with van der Waals surface area (Å²) in [5, 5.41) is 2.86. The molecule has 1 aromatic rings. The van der Waals surface area contributed by atoms with Crippen molar-refractivity contribution in [3.63, 3.8) is 0 Å². The molecule has 0 saturated carbocycles. The molecule has 3 N–H and O–H groups in total. The van der Waals surface area contributed by atoms with Crippen molar-refractivity contribution in [2.45, 2.75) is 25.7 Å². The third-order valence-corrected chi connectivity index (χ3v) is 2.60. The molecule has 1 unspecified atom stereocenters. The Bertz CT molecular complexity index is 420. The standard InChI is InChI=1S/C14H18N2O/c1-3-4-5-9-16-14(17)11(2)12-7-6-8-13(15)10-12/h1,6-8,10-11H,4-5,9,15H2,2H3,(H,16,17). The van der Waals surface area contributed by atoms with Crippen molar-refractivity contribution < 1.29 is 4.79 Å². The van der Waals surface area contributed by atoms with E-state index in [1.165, 1.54) is 0 Å². The lowest BCUT2D eigenvalue weighted by atomic mass is 10.00. The highest BCUT2D eigenvalue weighted by Gasteiger charge is 2.14. The fraction of sp³-hybridized carbons (Fsp3) is 0.357. The van der Waals surface area contributed by atoms with Gasteiger partial charge in [-0.05, 0) is 31.0 Å². The number of carbonyl (C=O) groups excluding carboxylic acids is 1. The summed E-state index contributed by atoms with van der Waals surface area (Å²) in [6.45, 7) is 2.49. The summed E-state index contributed by atoms with van der Waals surface area (Å²) in [4.78, 5) is 11.8. The second-order valence-corrected chi connectivity index (χ2v) is 3.99. The number of nitrogens with two attached hydrogens (primary N) is 1. The summed E-state index contributed by atoms with van der Waals surface area (Å²) in [5.74, 6) is 2.36. The first-order valence-electron chi connectivity index (χ1n) is 5.71. The number of hydrogen-bond donors (Lipinski definition) is 2. The second-order valence-electron chi connectivity index (χ2n) is 3.99. The number of anilines is 1. The van der Waals surface area contributed by atoms with E-state index in [1.54, 1.807) is 6.07 Å². The van der Waals surface area contributed by atoms with E-state index in [4.69, 9.17) is 12.2 Å². The molecule has 1 atom stereocenters. The number of rotatable bonds is 5. The van der Waals surface area contributed by atoms with E-state index in [0.29, 0.717) is 18.7 Å². The van der Waals surface area contributed by atoms with E-state index in [0.717, 1.165) is 12.0 Å². The molecule has 0 heterocycles. The highest BCUT2D eigenvalue weighted by molar-refractivity contribution is 5.83. The first-order valence-corrected chi connectivity index (χ1v) is 5.71. The molecule has 0 radical (unpaired) electrons. The summed E-state index contributed by atoms with van der Waals surface area (Å²) in [6.07, 6.45) is 6.64. The summed E-state index contributed by atoms with van der Waals surface area (Å²) >= 11 is 0.